The Hall–Kier alpha value is -4.96. The van der Waals surface area contributed by atoms with Gasteiger partial charge in [-0.15, -0.1) is 12.4 Å². The number of carbonyl (C=O) groups is 2. The highest BCUT2D eigenvalue weighted by atomic mass is 35.5. The first kappa shape index (κ1) is 30.0. The maximum atomic E-state index is 13.3. The number of benzene rings is 3. The summed E-state index contributed by atoms with van der Waals surface area (Å²) in [6.45, 7) is 3.18. The van der Waals surface area contributed by atoms with Crippen molar-refractivity contribution in [2.45, 2.75) is 32.5 Å². The van der Waals surface area contributed by atoms with Gasteiger partial charge in [0.25, 0.3) is 17.4 Å². The number of aryl methyl sites for hydroxylation is 2. The Labute approximate surface area is 248 Å². The van der Waals surface area contributed by atoms with E-state index in [9.17, 15) is 24.8 Å². The number of non-ortho nitro benzene ring substituents is 1. The van der Waals surface area contributed by atoms with Gasteiger partial charge in [-0.05, 0) is 60.9 Å². The van der Waals surface area contributed by atoms with E-state index in [-0.39, 0.29) is 36.0 Å². The Balaban J connectivity index is 0.00000405. The SMILES string of the molecule is Cc1cccc(COc2ccc(/C(O)=C3\C(=O)C(=O)N(CCCn4ccnc4)C3c3ccc([N+](=O)[O-])cc3)cc2)c1.Cl. The van der Waals surface area contributed by atoms with Crippen LogP contribution in [0, 0.1) is 17.0 Å². The molecule has 0 bridgehead atoms. The van der Waals surface area contributed by atoms with Gasteiger partial charge in [-0.25, -0.2) is 4.98 Å². The minimum atomic E-state index is -0.907. The highest BCUT2D eigenvalue weighted by Crippen LogP contribution is 2.40. The van der Waals surface area contributed by atoms with E-state index in [0.29, 0.717) is 36.4 Å². The van der Waals surface area contributed by atoms with E-state index < -0.39 is 22.7 Å². The Morgan fingerprint density at radius 1 is 1.05 bits per heavy atom. The second kappa shape index (κ2) is 13.1. The highest BCUT2D eigenvalue weighted by Gasteiger charge is 2.45. The number of rotatable bonds is 10. The third kappa shape index (κ3) is 6.50. The van der Waals surface area contributed by atoms with Gasteiger partial charge in [-0.2, -0.15) is 0 Å². The van der Waals surface area contributed by atoms with Crippen molar-refractivity contribution in [2.24, 2.45) is 0 Å². The van der Waals surface area contributed by atoms with E-state index in [4.69, 9.17) is 4.74 Å². The molecule has 1 unspecified atom stereocenters. The molecule has 1 amide bonds. The minimum absolute atomic E-state index is 0. The Morgan fingerprint density at radius 3 is 2.43 bits per heavy atom. The van der Waals surface area contributed by atoms with Crippen LogP contribution in [-0.4, -0.2) is 42.7 Å². The van der Waals surface area contributed by atoms with Crippen molar-refractivity contribution < 1.29 is 24.4 Å². The van der Waals surface area contributed by atoms with Crippen LogP contribution in [-0.2, 0) is 22.7 Å². The fourth-order valence-corrected chi connectivity index (χ4v) is 4.91. The predicted molar refractivity (Wildman–Crippen MR) is 158 cm³/mol. The summed E-state index contributed by atoms with van der Waals surface area (Å²) in [5.74, 6) is -1.30. The van der Waals surface area contributed by atoms with E-state index in [1.54, 1.807) is 43.0 Å². The zero-order valence-corrected chi connectivity index (χ0v) is 23.6. The van der Waals surface area contributed by atoms with E-state index in [2.05, 4.69) is 4.98 Å². The van der Waals surface area contributed by atoms with Gasteiger partial charge >= 0.3 is 0 Å². The highest BCUT2D eigenvalue weighted by molar-refractivity contribution is 6.46. The van der Waals surface area contributed by atoms with Crippen molar-refractivity contribution in [3.63, 3.8) is 0 Å². The van der Waals surface area contributed by atoms with Gasteiger partial charge in [0.1, 0.15) is 18.1 Å². The lowest BCUT2D eigenvalue weighted by atomic mass is 9.95. The zero-order chi connectivity index (χ0) is 28.9. The Morgan fingerprint density at radius 2 is 1.79 bits per heavy atom. The van der Waals surface area contributed by atoms with Gasteiger partial charge in [-0.3, -0.25) is 19.7 Å². The number of imidazole rings is 1. The molecule has 42 heavy (non-hydrogen) atoms. The number of hydrogen-bond acceptors (Lipinski definition) is 7. The number of aliphatic hydroxyl groups is 1. The molecule has 216 valence electrons. The number of nitro groups is 1. The summed E-state index contributed by atoms with van der Waals surface area (Å²) >= 11 is 0. The van der Waals surface area contributed by atoms with Crippen molar-refractivity contribution in [2.75, 3.05) is 6.54 Å². The van der Waals surface area contributed by atoms with E-state index in [1.807, 2.05) is 35.8 Å². The van der Waals surface area contributed by atoms with Crippen LogP contribution in [0.2, 0.25) is 0 Å². The van der Waals surface area contributed by atoms with Gasteiger partial charge in [0.15, 0.2) is 0 Å². The molecule has 1 N–H and O–H groups in total. The lowest BCUT2D eigenvalue weighted by Crippen LogP contribution is -2.31. The van der Waals surface area contributed by atoms with Crippen LogP contribution >= 0.6 is 12.4 Å². The number of nitro benzene ring substituents is 1. The summed E-state index contributed by atoms with van der Waals surface area (Å²) in [7, 11) is 0. The second-order valence-corrected chi connectivity index (χ2v) is 9.80. The lowest BCUT2D eigenvalue weighted by molar-refractivity contribution is -0.384. The molecule has 4 aromatic rings. The van der Waals surface area contributed by atoms with Crippen LogP contribution in [0.5, 0.6) is 5.75 Å². The van der Waals surface area contributed by atoms with Crippen LogP contribution < -0.4 is 4.74 Å². The first-order valence-electron chi connectivity index (χ1n) is 13.1. The molecular weight excluding hydrogens is 560 g/mol. The summed E-state index contributed by atoms with van der Waals surface area (Å²) in [5, 5.41) is 22.5. The molecule has 10 nitrogen and oxygen atoms in total. The van der Waals surface area contributed by atoms with E-state index >= 15 is 0 Å². The fourth-order valence-electron chi connectivity index (χ4n) is 4.91. The smallest absolute Gasteiger partial charge is 0.295 e. The fraction of sp³-hybridized carbons (Fsp3) is 0.194. The first-order valence-corrected chi connectivity index (χ1v) is 13.1. The van der Waals surface area contributed by atoms with Crippen LogP contribution in [0.25, 0.3) is 5.76 Å². The molecule has 1 aliphatic rings. The third-order valence-electron chi connectivity index (χ3n) is 6.95. The average Bonchev–Trinajstić information content (AvgIpc) is 3.58. The Bertz CT molecular complexity index is 1600. The number of likely N-dealkylation sites (tertiary alicyclic amines) is 1. The molecule has 3 aromatic carbocycles. The van der Waals surface area contributed by atoms with Gasteiger partial charge in [0.2, 0.25) is 0 Å². The largest absolute Gasteiger partial charge is 0.507 e. The minimum Gasteiger partial charge on any atom is -0.507 e. The number of nitrogens with zero attached hydrogens (tertiary/aromatic N) is 4. The topological polar surface area (TPSA) is 128 Å². The molecule has 2 heterocycles. The molecule has 1 atom stereocenters. The van der Waals surface area contributed by atoms with Crippen molar-refractivity contribution >= 4 is 35.5 Å². The molecule has 11 heteroatoms. The van der Waals surface area contributed by atoms with Crippen LogP contribution in [0.15, 0.2) is 97.1 Å². The monoisotopic (exact) mass is 588 g/mol. The number of aromatic nitrogens is 2. The van der Waals surface area contributed by atoms with Gasteiger partial charge in [0.05, 0.1) is 22.9 Å². The molecule has 1 saturated heterocycles. The van der Waals surface area contributed by atoms with Gasteiger partial charge < -0.3 is 19.3 Å². The summed E-state index contributed by atoms with van der Waals surface area (Å²) in [4.78, 5) is 42.6. The number of hydrogen-bond donors (Lipinski definition) is 1. The molecule has 1 aromatic heterocycles. The maximum Gasteiger partial charge on any atom is 0.295 e. The standard InChI is InChI=1S/C31H28N4O6.ClH/c1-21-4-2-5-22(18-21)19-41-26-12-8-24(9-13-26)29(36)27-28(23-6-10-25(11-7-23)35(39)40)34(31(38)30(27)37)16-3-15-33-17-14-32-20-33;/h2,4-14,17-18,20,28,36H,3,15-16,19H2,1H3;1H/b29-27+;. The number of Topliss-reactive ketones (excluding diaryl/α,β-unsaturated/α-hetero) is 1. The molecule has 1 aliphatic heterocycles. The van der Waals surface area contributed by atoms with Crippen molar-refractivity contribution in [3.8, 4) is 5.75 Å². The molecule has 0 radical (unpaired) electrons. The summed E-state index contributed by atoms with van der Waals surface area (Å²) < 4.78 is 7.73. The summed E-state index contributed by atoms with van der Waals surface area (Å²) in [6.07, 6.45) is 5.65. The Kier molecular flexibility index (Phi) is 9.39. The van der Waals surface area contributed by atoms with Crippen molar-refractivity contribution in [1.82, 2.24) is 14.5 Å². The molecular formula is C31H29ClN4O6. The van der Waals surface area contributed by atoms with E-state index in [0.717, 1.165) is 11.1 Å². The molecule has 0 aliphatic carbocycles. The van der Waals surface area contributed by atoms with Crippen molar-refractivity contribution in [1.29, 1.82) is 0 Å². The number of aliphatic hydroxyl groups excluding tert-OH is 1. The number of carbonyl (C=O) groups excluding carboxylic acids is 2. The normalized spacial score (nSPS) is 15.8. The maximum absolute atomic E-state index is 13.3. The number of amides is 1. The lowest BCUT2D eigenvalue weighted by Gasteiger charge is -2.25. The van der Waals surface area contributed by atoms with Crippen molar-refractivity contribution in [3.05, 3.63) is 129 Å². The zero-order valence-electron chi connectivity index (χ0n) is 22.8. The molecule has 0 saturated carbocycles. The second-order valence-electron chi connectivity index (χ2n) is 9.80. The number of ether oxygens (including phenoxy) is 1. The summed E-state index contributed by atoms with van der Waals surface area (Å²) in [6, 6.07) is 19.4. The predicted octanol–water partition coefficient (Wildman–Crippen LogP) is 5.61. The van der Waals surface area contributed by atoms with E-state index in [1.165, 1.54) is 29.2 Å². The number of ketones is 1. The molecule has 0 spiro atoms. The number of halogens is 1. The summed E-state index contributed by atoms with van der Waals surface area (Å²) in [5.41, 5.74) is 2.79. The quantitative estimate of drug-likeness (QED) is 0.0838. The van der Waals surface area contributed by atoms with Gasteiger partial charge in [-0.1, -0.05) is 29.8 Å². The van der Waals surface area contributed by atoms with Crippen LogP contribution in [0.4, 0.5) is 5.69 Å². The molecule has 5 rings (SSSR count). The van der Waals surface area contributed by atoms with Crippen LogP contribution in [0.3, 0.4) is 0 Å². The van der Waals surface area contributed by atoms with Crippen LogP contribution in [0.1, 0.15) is 34.7 Å². The average molecular weight is 589 g/mol. The van der Waals surface area contributed by atoms with Gasteiger partial charge in [0, 0.05) is 43.2 Å². The first-order chi connectivity index (χ1) is 19.8. The third-order valence-corrected chi connectivity index (χ3v) is 6.95. The molecule has 1 fully saturated rings.